The zero-order valence-corrected chi connectivity index (χ0v) is 26.5. The van der Waals surface area contributed by atoms with Crippen LogP contribution in [0.2, 0.25) is 0 Å². The van der Waals surface area contributed by atoms with Gasteiger partial charge in [0.1, 0.15) is 0 Å². The van der Waals surface area contributed by atoms with Crippen LogP contribution in [0.15, 0.2) is 60.7 Å². The van der Waals surface area contributed by atoms with Gasteiger partial charge in [-0.15, -0.1) is 0 Å². The molecule has 0 N–H and O–H groups in total. The number of aryl methyl sites for hydroxylation is 1. The van der Waals surface area contributed by atoms with Crippen LogP contribution < -0.4 is 0 Å². The van der Waals surface area contributed by atoms with Gasteiger partial charge in [-0.25, -0.2) is 17.6 Å². The third-order valence-electron chi connectivity index (χ3n) is 10.6. The predicted molar refractivity (Wildman–Crippen MR) is 175 cm³/mol. The first-order chi connectivity index (χ1) is 21.4. The molecule has 2 aliphatic rings. The third-order valence-corrected chi connectivity index (χ3v) is 10.6. The molecule has 0 bridgehead atoms. The van der Waals surface area contributed by atoms with Crippen molar-refractivity contribution >= 4 is 0 Å². The van der Waals surface area contributed by atoms with E-state index in [9.17, 15) is 8.78 Å². The molecule has 0 unspecified atom stereocenters. The second-order valence-electron chi connectivity index (χ2n) is 13.3. The maximum absolute atomic E-state index is 15.5. The number of allylic oxidation sites excluding steroid dienone is 2. The summed E-state index contributed by atoms with van der Waals surface area (Å²) in [6, 6.07) is 13.3. The molecule has 0 saturated heterocycles. The summed E-state index contributed by atoms with van der Waals surface area (Å²) in [5.41, 5.74) is 2.26. The monoisotopic (exact) mass is 604 g/mol. The Morgan fingerprint density at radius 3 is 1.80 bits per heavy atom. The topological polar surface area (TPSA) is 0 Å². The Kier molecular flexibility index (Phi) is 11.4. The molecule has 0 heterocycles. The summed E-state index contributed by atoms with van der Waals surface area (Å²) in [6.07, 6.45) is 19.6. The van der Waals surface area contributed by atoms with E-state index in [-0.39, 0.29) is 17.0 Å². The molecule has 2 saturated carbocycles. The number of hydrogen-bond acceptors (Lipinski definition) is 0. The fourth-order valence-electron chi connectivity index (χ4n) is 7.85. The average Bonchev–Trinajstić information content (AvgIpc) is 3.05. The van der Waals surface area contributed by atoms with Crippen molar-refractivity contribution in [2.45, 2.75) is 110 Å². The fourth-order valence-corrected chi connectivity index (χ4v) is 7.85. The van der Waals surface area contributed by atoms with Gasteiger partial charge in [0.05, 0.1) is 0 Å². The summed E-state index contributed by atoms with van der Waals surface area (Å²) in [5, 5.41) is 0. The highest BCUT2D eigenvalue weighted by Crippen LogP contribution is 2.45. The highest BCUT2D eigenvalue weighted by molar-refractivity contribution is 5.71. The zero-order valence-electron chi connectivity index (χ0n) is 26.5. The summed E-state index contributed by atoms with van der Waals surface area (Å²) in [6.45, 7) is 4.16. The molecule has 4 heteroatoms. The van der Waals surface area contributed by atoms with Crippen LogP contribution in [0.3, 0.4) is 0 Å². The van der Waals surface area contributed by atoms with Crippen LogP contribution in [0, 0.1) is 41.0 Å². The van der Waals surface area contributed by atoms with Crippen molar-refractivity contribution in [3.05, 3.63) is 95.1 Å². The van der Waals surface area contributed by atoms with E-state index in [4.69, 9.17) is 0 Å². The van der Waals surface area contributed by atoms with E-state index in [1.807, 2.05) is 0 Å². The number of halogens is 4. The van der Waals surface area contributed by atoms with E-state index in [2.05, 4.69) is 26.0 Å². The second-order valence-corrected chi connectivity index (χ2v) is 13.3. The van der Waals surface area contributed by atoms with Gasteiger partial charge in [0, 0.05) is 11.1 Å². The molecular formula is C40H48F4. The maximum Gasteiger partial charge on any atom is 0.166 e. The minimum absolute atomic E-state index is 0.0529. The lowest BCUT2D eigenvalue weighted by Gasteiger charge is -2.38. The lowest BCUT2D eigenvalue weighted by atomic mass is 9.68. The normalized spacial score (nSPS) is 22.5. The van der Waals surface area contributed by atoms with Gasteiger partial charge >= 0.3 is 0 Å². The van der Waals surface area contributed by atoms with Crippen molar-refractivity contribution in [1.29, 1.82) is 0 Å². The number of rotatable bonds is 11. The molecule has 236 valence electrons. The Morgan fingerprint density at radius 1 is 0.636 bits per heavy atom. The van der Waals surface area contributed by atoms with Crippen LogP contribution in [0.1, 0.15) is 114 Å². The highest BCUT2D eigenvalue weighted by Gasteiger charge is 2.32. The van der Waals surface area contributed by atoms with E-state index in [0.717, 1.165) is 56.8 Å². The molecule has 0 radical (unpaired) electrons. The van der Waals surface area contributed by atoms with E-state index >= 15 is 8.78 Å². The van der Waals surface area contributed by atoms with Crippen LogP contribution in [-0.4, -0.2) is 0 Å². The lowest BCUT2D eigenvalue weighted by Crippen LogP contribution is -2.25. The van der Waals surface area contributed by atoms with E-state index < -0.39 is 23.3 Å². The van der Waals surface area contributed by atoms with Gasteiger partial charge in [-0.2, -0.15) is 0 Å². The Bertz CT molecular complexity index is 1390. The van der Waals surface area contributed by atoms with Gasteiger partial charge < -0.3 is 0 Å². The molecule has 2 fully saturated rings. The summed E-state index contributed by atoms with van der Waals surface area (Å²) < 4.78 is 60.6. The van der Waals surface area contributed by atoms with Gasteiger partial charge in [0.15, 0.2) is 23.3 Å². The summed E-state index contributed by atoms with van der Waals surface area (Å²) in [7, 11) is 0. The number of unbranched alkanes of at least 4 members (excludes halogenated alkanes) is 2. The van der Waals surface area contributed by atoms with Crippen LogP contribution in [0.5, 0.6) is 0 Å². The Morgan fingerprint density at radius 2 is 1.20 bits per heavy atom. The van der Waals surface area contributed by atoms with Crippen LogP contribution in [0.25, 0.3) is 22.3 Å². The SMILES string of the molecule is C/C=C/CCC1CCC(C2CCC(c3ccc(-c4ccc(-c5ccc(CCCCC)c(F)c5F)cc4)c(F)c3F)CC2)CC1. The van der Waals surface area contributed by atoms with Gasteiger partial charge in [-0.1, -0.05) is 93.3 Å². The van der Waals surface area contributed by atoms with Crippen molar-refractivity contribution in [1.82, 2.24) is 0 Å². The molecule has 0 spiro atoms. The Hall–Kier alpha value is -2.88. The molecule has 0 aliphatic heterocycles. The van der Waals surface area contributed by atoms with Crippen molar-refractivity contribution in [3.63, 3.8) is 0 Å². The largest absolute Gasteiger partial charge is 0.203 e. The van der Waals surface area contributed by atoms with Gasteiger partial charge in [-0.3, -0.25) is 0 Å². The molecule has 0 nitrogen and oxygen atoms in total. The molecular weight excluding hydrogens is 556 g/mol. The minimum Gasteiger partial charge on any atom is -0.203 e. The fraction of sp³-hybridized carbons (Fsp3) is 0.500. The van der Waals surface area contributed by atoms with Crippen molar-refractivity contribution < 1.29 is 17.6 Å². The molecule has 3 aromatic carbocycles. The van der Waals surface area contributed by atoms with E-state index in [0.29, 0.717) is 34.6 Å². The summed E-state index contributed by atoms with van der Waals surface area (Å²) >= 11 is 0. The maximum atomic E-state index is 15.5. The first kappa shape index (κ1) is 32.5. The summed E-state index contributed by atoms with van der Waals surface area (Å²) in [5.74, 6) is -0.831. The molecule has 44 heavy (non-hydrogen) atoms. The van der Waals surface area contributed by atoms with Crippen molar-refractivity contribution in [2.24, 2.45) is 17.8 Å². The first-order valence-corrected chi connectivity index (χ1v) is 17.1. The average molecular weight is 605 g/mol. The van der Waals surface area contributed by atoms with Crippen LogP contribution in [-0.2, 0) is 6.42 Å². The standard InChI is InChI=1S/C40H48F4/c1-3-5-7-9-27-11-13-28(14-12-27)29-15-17-30(18-16-29)35-25-26-36(40(44)39(35)43)32-21-19-31(20-22-32)34-24-23-33(10-8-6-4-2)37(41)38(34)42/h3,5,19-30H,4,6-18H2,1-2H3/b5-3+. The lowest BCUT2D eigenvalue weighted by molar-refractivity contribution is 0.156. The molecule has 3 aromatic rings. The quantitative estimate of drug-likeness (QED) is 0.116. The van der Waals surface area contributed by atoms with Crippen molar-refractivity contribution in [3.8, 4) is 22.3 Å². The highest BCUT2D eigenvalue weighted by atomic mass is 19.2. The first-order valence-electron chi connectivity index (χ1n) is 17.1. The number of benzene rings is 3. The van der Waals surface area contributed by atoms with Crippen molar-refractivity contribution in [2.75, 3.05) is 0 Å². The van der Waals surface area contributed by atoms with Crippen LogP contribution in [0.4, 0.5) is 17.6 Å². The second kappa shape index (κ2) is 15.4. The molecule has 5 rings (SSSR count). The third kappa shape index (κ3) is 7.49. The van der Waals surface area contributed by atoms with Gasteiger partial charge in [0.2, 0.25) is 0 Å². The van der Waals surface area contributed by atoms with Crippen LogP contribution >= 0.6 is 0 Å². The van der Waals surface area contributed by atoms with E-state index in [1.54, 1.807) is 48.5 Å². The zero-order chi connectivity index (χ0) is 31.1. The van der Waals surface area contributed by atoms with Gasteiger partial charge in [0.25, 0.3) is 0 Å². The smallest absolute Gasteiger partial charge is 0.166 e. The van der Waals surface area contributed by atoms with E-state index in [1.165, 1.54) is 38.5 Å². The number of hydrogen-bond donors (Lipinski definition) is 0. The Labute approximate surface area is 262 Å². The summed E-state index contributed by atoms with van der Waals surface area (Å²) in [4.78, 5) is 0. The molecule has 0 atom stereocenters. The molecule has 2 aliphatic carbocycles. The molecule has 0 aromatic heterocycles. The molecule has 0 amide bonds. The van der Waals surface area contributed by atoms with Gasteiger partial charge in [-0.05, 0) is 117 Å². The predicted octanol–water partition coefficient (Wildman–Crippen LogP) is 12.7. The Balaban J connectivity index is 1.20. The minimum atomic E-state index is -0.865.